The van der Waals surface area contributed by atoms with Crippen LogP contribution >= 0.6 is 0 Å². The summed E-state index contributed by atoms with van der Waals surface area (Å²) in [5, 5.41) is 15.8. The van der Waals surface area contributed by atoms with E-state index < -0.39 is 0 Å². The second-order valence-electron chi connectivity index (χ2n) is 6.48. The van der Waals surface area contributed by atoms with E-state index in [2.05, 4.69) is 13.0 Å². The van der Waals surface area contributed by atoms with Gasteiger partial charge >= 0.3 is 0 Å². The first-order chi connectivity index (χ1) is 12.6. The maximum atomic E-state index is 11.0. The van der Waals surface area contributed by atoms with E-state index in [9.17, 15) is 5.11 Å². The Hall–Kier alpha value is -3.33. The van der Waals surface area contributed by atoms with Crippen molar-refractivity contribution in [3.8, 4) is 34.0 Å². The topological polar surface area (TPSA) is 38.0 Å². The first-order valence-corrected chi connectivity index (χ1v) is 8.65. The first kappa shape index (κ1) is 16.2. The van der Waals surface area contributed by atoms with Crippen LogP contribution in [0.3, 0.4) is 0 Å². The largest absolute Gasteiger partial charge is 0.493 e. The molecule has 0 spiro atoms. The molecule has 0 aliphatic rings. The monoisotopic (exact) mass is 340 g/mol. The van der Waals surface area contributed by atoms with Crippen LogP contribution in [0.2, 0.25) is 0 Å². The molecular formula is C23H20N2O. The van der Waals surface area contributed by atoms with Crippen LogP contribution in [0.5, 0.6) is 5.88 Å². The minimum atomic E-state index is 0.151. The molecule has 0 radical (unpaired) electrons. The van der Waals surface area contributed by atoms with Gasteiger partial charge in [-0.15, -0.1) is 0 Å². The zero-order valence-electron chi connectivity index (χ0n) is 14.8. The average Bonchev–Trinajstić information content (AvgIpc) is 3.00. The number of aromatic nitrogens is 2. The molecule has 1 N–H and O–H groups in total. The summed E-state index contributed by atoms with van der Waals surface area (Å²) < 4.78 is 1.61. The zero-order valence-corrected chi connectivity index (χ0v) is 14.8. The van der Waals surface area contributed by atoms with Crippen molar-refractivity contribution in [1.29, 1.82) is 0 Å². The number of rotatable bonds is 3. The molecule has 0 atom stereocenters. The molecule has 3 aromatic carbocycles. The lowest BCUT2D eigenvalue weighted by atomic mass is 9.98. The second-order valence-corrected chi connectivity index (χ2v) is 6.48. The van der Waals surface area contributed by atoms with Gasteiger partial charge < -0.3 is 5.11 Å². The van der Waals surface area contributed by atoms with Crippen molar-refractivity contribution in [3.63, 3.8) is 0 Å². The normalized spacial score (nSPS) is 10.8. The Bertz CT molecular complexity index is 1050. The Labute approximate surface area is 153 Å². The van der Waals surface area contributed by atoms with Crippen LogP contribution in [-0.2, 0) is 0 Å². The van der Waals surface area contributed by atoms with Crippen LogP contribution in [0.25, 0.3) is 28.1 Å². The van der Waals surface area contributed by atoms with Crippen LogP contribution in [0, 0.1) is 13.8 Å². The molecule has 3 heteroatoms. The van der Waals surface area contributed by atoms with Gasteiger partial charge in [-0.1, -0.05) is 72.3 Å². The predicted molar refractivity (Wildman–Crippen MR) is 106 cm³/mol. The summed E-state index contributed by atoms with van der Waals surface area (Å²) >= 11 is 0. The van der Waals surface area contributed by atoms with E-state index in [1.54, 1.807) is 4.68 Å². The number of hydrogen-bond acceptors (Lipinski definition) is 2. The molecule has 0 amide bonds. The minimum absolute atomic E-state index is 0.151. The number of aromatic hydroxyl groups is 1. The van der Waals surface area contributed by atoms with Crippen molar-refractivity contribution in [3.05, 3.63) is 90.0 Å². The molecule has 26 heavy (non-hydrogen) atoms. The summed E-state index contributed by atoms with van der Waals surface area (Å²) in [5.74, 6) is 0.151. The van der Waals surface area contributed by atoms with Crippen LogP contribution in [-0.4, -0.2) is 14.9 Å². The molecule has 0 unspecified atom stereocenters. The highest BCUT2D eigenvalue weighted by Gasteiger charge is 2.22. The van der Waals surface area contributed by atoms with Crippen molar-refractivity contribution in [1.82, 2.24) is 9.78 Å². The van der Waals surface area contributed by atoms with Gasteiger partial charge in [-0.2, -0.15) is 5.10 Å². The van der Waals surface area contributed by atoms with E-state index >= 15 is 0 Å². The Morgan fingerprint density at radius 3 is 2.12 bits per heavy atom. The van der Waals surface area contributed by atoms with Gasteiger partial charge in [-0.25, -0.2) is 4.68 Å². The Kier molecular flexibility index (Phi) is 4.05. The minimum Gasteiger partial charge on any atom is -0.493 e. The molecule has 1 aromatic heterocycles. The summed E-state index contributed by atoms with van der Waals surface area (Å²) in [7, 11) is 0. The summed E-state index contributed by atoms with van der Waals surface area (Å²) in [4.78, 5) is 0. The zero-order chi connectivity index (χ0) is 18.1. The fourth-order valence-electron chi connectivity index (χ4n) is 3.17. The summed E-state index contributed by atoms with van der Waals surface area (Å²) in [6, 6.07) is 26.0. The quantitative estimate of drug-likeness (QED) is 0.532. The van der Waals surface area contributed by atoms with Crippen molar-refractivity contribution < 1.29 is 5.11 Å². The molecule has 0 fully saturated rings. The molecule has 0 saturated carbocycles. The van der Waals surface area contributed by atoms with Crippen molar-refractivity contribution in [2.24, 2.45) is 0 Å². The SMILES string of the molecule is Cc1ccc(-n2nc(-c3ccccc3C)c(-c3ccccc3)c2O)cc1. The highest BCUT2D eigenvalue weighted by molar-refractivity contribution is 5.86. The lowest BCUT2D eigenvalue weighted by Crippen LogP contribution is -1.96. The van der Waals surface area contributed by atoms with Gasteiger partial charge in [-0.3, -0.25) is 0 Å². The van der Waals surface area contributed by atoms with Gasteiger partial charge in [0.1, 0.15) is 5.69 Å². The van der Waals surface area contributed by atoms with Gasteiger partial charge in [-0.05, 0) is 37.1 Å². The van der Waals surface area contributed by atoms with E-state index in [-0.39, 0.29) is 5.88 Å². The van der Waals surface area contributed by atoms with Crippen LogP contribution in [0.4, 0.5) is 0 Å². The van der Waals surface area contributed by atoms with E-state index in [0.29, 0.717) is 0 Å². The van der Waals surface area contributed by atoms with Crippen molar-refractivity contribution in [2.75, 3.05) is 0 Å². The van der Waals surface area contributed by atoms with Gasteiger partial charge in [0.15, 0.2) is 0 Å². The van der Waals surface area contributed by atoms with Crippen LogP contribution in [0.1, 0.15) is 11.1 Å². The number of aryl methyl sites for hydroxylation is 2. The molecule has 4 aromatic rings. The average molecular weight is 340 g/mol. The van der Waals surface area contributed by atoms with Crippen molar-refractivity contribution >= 4 is 0 Å². The van der Waals surface area contributed by atoms with Gasteiger partial charge in [0, 0.05) is 5.56 Å². The summed E-state index contributed by atoms with van der Waals surface area (Å²) in [6.07, 6.45) is 0. The molecule has 4 rings (SSSR count). The maximum absolute atomic E-state index is 11.0. The highest BCUT2D eigenvalue weighted by Crippen LogP contribution is 2.40. The fourth-order valence-corrected chi connectivity index (χ4v) is 3.17. The van der Waals surface area contributed by atoms with Gasteiger partial charge in [0.25, 0.3) is 0 Å². The third kappa shape index (κ3) is 2.78. The fraction of sp³-hybridized carbons (Fsp3) is 0.0870. The Morgan fingerprint density at radius 2 is 1.42 bits per heavy atom. The summed E-state index contributed by atoms with van der Waals surface area (Å²) in [5.41, 5.74) is 6.63. The third-order valence-electron chi connectivity index (χ3n) is 4.60. The molecular weight excluding hydrogens is 320 g/mol. The number of hydrogen-bond donors (Lipinski definition) is 1. The molecule has 0 aliphatic heterocycles. The Morgan fingerprint density at radius 1 is 0.769 bits per heavy atom. The number of benzene rings is 3. The molecule has 0 aliphatic carbocycles. The van der Waals surface area contributed by atoms with Crippen LogP contribution in [0.15, 0.2) is 78.9 Å². The molecule has 1 heterocycles. The molecule has 3 nitrogen and oxygen atoms in total. The smallest absolute Gasteiger partial charge is 0.222 e. The lowest BCUT2D eigenvalue weighted by molar-refractivity contribution is 0.435. The second kappa shape index (κ2) is 6.52. The highest BCUT2D eigenvalue weighted by atomic mass is 16.3. The van der Waals surface area contributed by atoms with Crippen LogP contribution < -0.4 is 0 Å². The standard InChI is InChI=1S/C23H20N2O/c1-16-12-14-19(15-13-16)25-23(26)21(18-9-4-3-5-10-18)22(24-25)20-11-7-6-8-17(20)2/h3-15,26H,1-2H3. The van der Waals surface area contributed by atoms with E-state index in [1.807, 2.05) is 79.7 Å². The van der Waals surface area contributed by atoms with E-state index in [1.165, 1.54) is 5.56 Å². The summed E-state index contributed by atoms with van der Waals surface area (Å²) in [6.45, 7) is 4.10. The van der Waals surface area contributed by atoms with E-state index in [4.69, 9.17) is 5.10 Å². The predicted octanol–water partition coefficient (Wildman–Crippen LogP) is 5.53. The van der Waals surface area contributed by atoms with Gasteiger partial charge in [0.2, 0.25) is 5.88 Å². The maximum Gasteiger partial charge on any atom is 0.222 e. The first-order valence-electron chi connectivity index (χ1n) is 8.65. The number of nitrogens with zero attached hydrogens (tertiary/aromatic N) is 2. The molecule has 0 saturated heterocycles. The Balaban J connectivity index is 1.99. The molecule has 0 bridgehead atoms. The lowest BCUT2D eigenvalue weighted by Gasteiger charge is -2.06. The third-order valence-corrected chi connectivity index (χ3v) is 4.60. The van der Waals surface area contributed by atoms with Gasteiger partial charge in [0.05, 0.1) is 11.3 Å². The van der Waals surface area contributed by atoms with E-state index in [0.717, 1.165) is 33.6 Å². The molecule has 128 valence electrons. The van der Waals surface area contributed by atoms with Crippen molar-refractivity contribution in [2.45, 2.75) is 13.8 Å².